The number of benzene rings is 1. The highest BCUT2D eigenvalue weighted by Crippen LogP contribution is 2.28. The van der Waals surface area contributed by atoms with E-state index in [0.717, 1.165) is 47.7 Å². The van der Waals surface area contributed by atoms with Crippen LogP contribution in [0.5, 0.6) is 0 Å². The molecule has 2 aliphatic carbocycles. The average Bonchev–Trinajstić information content (AvgIpc) is 3.22. The molecule has 148 valence electrons. The summed E-state index contributed by atoms with van der Waals surface area (Å²) in [7, 11) is 0. The van der Waals surface area contributed by atoms with Crippen molar-refractivity contribution in [3.63, 3.8) is 0 Å². The van der Waals surface area contributed by atoms with Gasteiger partial charge in [-0.1, -0.05) is 29.8 Å². The first-order chi connectivity index (χ1) is 13.8. The van der Waals surface area contributed by atoms with Crippen molar-refractivity contribution in [2.45, 2.75) is 44.2 Å². The fourth-order valence-corrected chi connectivity index (χ4v) is 4.31. The number of pyridine rings is 1. The Balaban J connectivity index is 1.19. The Hall–Kier alpha value is -1.88. The molecule has 1 aromatic carbocycles. The molecule has 0 amide bonds. The first-order valence-electron chi connectivity index (χ1n) is 10.4. The number of fused-ring (bicyclic) bond motifs is 1. The topological polar surface area (TPSA) is 49.0 Å². The van der Waals surface area contributed by atoms with Crippen LogP contribution in [0, 0.1) is 0 Å². The number of rotatable bonds is 8. The van der Waals surface area contributed by atoms with E-state index in [1.54, 1.807) is 0 Å². The van der Waals surface area contributed by atoms with Crippen LogP contribution < -0.4 is 16.0 Å². The summed E-state index contributed by atoms with van der Waals surface area (Å²) in [6.07, 6.45) is 14.5. The molecule has 0 atom stereocenters. The Morgan fingerprint density at radius 1 is 1.04 bits per heavy atom. The number of nitrogens with zero attached hydrogens (tertiary/aromatic N) is 1. The van der Waals surface area contributed by atoms with E-state index >= 15 is 0 Å². The molecule has 4 rings (SSSR count). The first kappa shape index (κ1) is 19.4. The van der Waals surface area contributed by atoms with Gasteiger partial charge in [-0.25, -0.2) is 0 Å². The van der Waals surface area contributed by atoms with Crippen LogP contribution in [0.15, 0.2) is 54.3 Å². The molecule has 1 fully saturated rings. The fourth-order valence-electron chi connectivity index (χ4n) is 4.14. The lowest BCUT2D eigenvalue weighted by Gasteiger charge is -2.30. The minimum Gasteiger partial charge on any atom is -0.382 e. The van der Waals surface area contributed by atoms with Gasteiger partial charge in [0.2, 0.25) is 0 Å². The highest BCUT2D eigenvalue weighted by molar-refractivity contribution is 6.31. The summed E-state index contributed by atoms with van der Waals surface area (Å²) in [5.74, 6) is 0. The number of anilines is 1. The Morgan fingerprint density at radius 2 is 1.89 bits per heavy atom. The summed E-state index contributed by atoms with van der Waals surface area (Å²) in [5, 5.41) is 12.8. The molecule has 2 aromatic rings. The van der Waals surface area contributed by atoms with Crippen molar-refractivity contribution >= 4 is 28.2 Å². The molecule has 2 aliphatic rings. The fraction of sp³-hybridized carbons (Fsp3) is 0.435. The number of halogens is 1. The van der Waals surface area contributed by atoms with Crippen molar-refractivity contribution in [1.29, 1.82) is 0 Å². The zero-order chi connectivity index (χ0) is 19.2. The van der Waals surface area contributed by atoms with Crippen molar-refractivity contribution in [3.8, 4) is 0 Å². The molecule has 0 saturated heterocycles. The smallest absolute Gasteiger partial charge is 0.0737 e. The maximum Gasteiger partial charge on any atom is 0.0737 e. The van der Waals surface area contributed by atoms with Gasteiger partial charge in [0.25, 0.3) is 0 Å². The van der Waals surface area contributed by atoms with Crippen LogP contribution >= 0.6 is 11.6 Å². The number of hydrogen-bond acceptors (Lipinski definition) is 4. The van der Waals surface area contributed by atoms with Crippen LogP contribution in [0.3, 0.4) is 0 Å². The Morgan fingerprint density at radius 3 is 2.71 bits per heavy atom. The van der Waals surface area contributed by atoms with Crippen molar-refractivity contribution in [3.05, 3.63) is 59.3 Å². The monoisotopic (exact) mass is 396 g/mol. The molecule has 0 bridgehead atoms. The predicted molar refractivity (Wildman–Crippen MR) is 119 cm³/mol. The van der Waals surface area contributed by atoms with Crippen molar-refractivity contribution in [2.75, 3.05) is 25.0 Å². The molecule has 4 nitrogen and oxygen atoms in total. The summed E-state index contributed by atoms with van der Waals surface area (Å²) < 4.78 is 0. The predicted octanol–water partition coefficient (Wildman–Crippen LogP) is 4.68. The summed E-state index contributed by atoms with van der Waals surface area (Å²) in [5.41, 5.74) is 3.53. The van der Waals surface area contributed by atoms with Crippen molar-refractivity contribution in [2.24, 2.45) is 0 Å². The third kappa shape index (κ3) is 5.13. The van der Waals surface area contributed by atoms with Crippen LogP contribution in [0.4, 0.5) is 5.69 Å². The molecule has 1 heterocycles. The second kappa shape index (κ2) is 9.55. The van der Waals surface area contributed by atoms with Crippen LogP contribution in [-0.2, 0) is 0 Å². The normalized spacial score (nSPS) is 21.8. The number of hydrogen-bond donors (Lipinski definition) is 3. The van der Waals surface area contributed by atoms with Gasteiger partial charge < -0.3 is 16.0 Å². The summed E-state index contributed by atoms with van der Waals surface area (Å²) in [6.45, 7) is 3.05. The van der Waals surface area contributed by atoms with Gasteiger partial charge in [-0.05, 0) is 61.9 Å². The van der Waals surface area contributed by atoms with Crippen LogP contribution in [0.2, 0.25) is 5.02 Å². The van der Waals surface area contributed by atoms with Gasteiger partial charge in [-0.15, -0.1) is 0 Å². The molecular formula is C23H29ClN4. The Labute approximate surface area is 172 Å². The van der Waals surface area contributed by atoms with Crippen LogP contribution in [-0.4, -0.2) is 36.7 Å². The molecule has 0 spiro atoms. The molecule has 0 unspecified atom stereocenters. The second-order valence-electron chi connectivity index (χ2n) is 7.76. The lowest BCUT2D eigenvalue weighted by molar-refractivity contribution is 0.354. The lowest BCUT2D eigenvalue weighted by Crippen LogP contribution is -2.40. The minimum absolute atomic E-state index is 0.526. The summed E-state index contributed by atoms with van der Waals surface area (Å²) in [4.78, 5) is 4.43. The van der Waals surface area contributed by atoms with Gasteiger partial charge in [0.1, 0.15) is 0 Å². The number of nitrogens with one attached hydrogen (secondary N) is 3. The lowest BCUT2D eigenvalue weighted by atomic mass is 9.91. The van der Waals surface area contributed by atoms with Gasteiger partial charge in [0, 0.05) is 54.0 Å². The van der Waals surface area contributed by atoms with Crippen LogP contribution in [0.25, 0.3) is 10.9 Å². The highest BCUT2D eigenvalue weighted by Gasteiger charge is 2.21. The van der Waals surface area contributed by atoms with E-state index in [-0.39, 0.29) is 0 Å². The molecule has 0 aliphatic heterocycles. The van der Waals surface area contributed by atoms with Gasteiger partial charge in [-0.2, -0.15) is 0 Å². The van der Waals surface area contributed by atoms with E-state index in [2.05, 4.69) is 51.3 Å². The van der Waals surface area contributed by atoms with E-state index in [1.165, 1.54) is 31.3 Å². The second-order valence-corrected chi connectivity index (χ2v) is 8.20. The van der Waals surface area contributed by atoms with E-state index in [1.807, 2.05) is 18.3 Å². The van der Waals surface area contributed by atoms with E-state index in [0.29, 0.717) is 12.1 Å². The Kier molecular flexibility index (Phi) is 6.63. The molecule has 0 radical (unpaired) electrons. The van der Waals surface area contributed by atoms with Crippen molar-refractivity contribution in [1.82, 2.24) is 15.6 Å². The standard InChI is InChI=1S/C23H29ClN4/c24-18-5-10-21-22(11-12-27-23(21)15-18)28-20-8-6-19(7-9-20)26-14-13-25-16-17-3-1-2-4-17/h1,3-5,10-12,15,19-20,25-26H,2,6-9,13-14,16H2,(H,27,28). The third-order valence-corrected chi connectivity index (χ3v) is 5.94. The van der Waals surface area contributed by atoms with Gasteiger partial charge in [0.05, 0.1) is 5.52 Å². The highest BCUT2D eigenvalue weighted by atomic mass is 35.5. The van der Waals surface area contributed by atoms with Crippen molar-refractivity contribution < 1.29 is 0 Å². The van der Waals surface area contributed by atoms with Gasteiger partial charge in [0.15, 0.2) is 0 Å². The van der Waals surface area contributed by atoms with E-state index < -0.39 is 0 Å². The maximum absolute atomic E-state index is 6.10. The van der Waals surface area contributed by atoms with Crippen LogP contribution in [0.1, 0.15) is 32.1 Å². The summed E-state index contributed by atoms with van der Waals surface area (Å²) >= 11 is 6.10. The number of allylic oxidation sites excluding steroid dienone is 2. The summed E-state index contributed by atoms with van der Waals surface area (Å²) in [6, 6.07) is 9.16. The Bertz CT molecular complexity index is 853. The third-order valence-electron chi connectivity index (χ3n) is 5.70. The van der Waals surface area contributed by atoms with Gasteiger partial charge in [-0.3, -0.25) is 4.98 Å². The molecule has 1 saturated carbocycles. The average molecular weight is 397 g/mol. The van der Waals surface area contributed by atoms with Gasteiger partial charge >= 0.3 is 0 Å². The first-order valence-corrected chi connectivity index (χ1v) is 10.8. The molecule has 5 heteroatoms. The quantitative estimate of drug-likeness (QED) is 0.567. The largest absolute Gasteiger partial charge is 0.382 e. The SMILES string of the molecule is Clc1ccc2c(NC3CCC(NCCNCC4=CCC=C4)CC3)ccnc2c1. The molecule has 3 N–H and O–H groups in total. The minimum atomic E-state index is 0.526. The number of aromatic nitrogens is 1. The maximum atomic E-state index is 6.10. The zero-order valence-corrected chi connectivity index (χ0v) is 17.0. The molecule has 28 heavy (non-hydrogen) atoms. The van der Waals surface area contributed by atoms with E-state index in [9.17, 15) is 0 Å². The van der Waals surface area contributed by atoms with E-state index in [4.69, 9.17) is 11.6 Å². The zero-order valence-electron chi connectivity index (χ0n) is 16.3. The molecule has 1 aromatic heterocycles. The molecular weight excluding hydrogens is 368 g/mol.